The van der Waals surface area contributed by atoms with E-state index in [0.29, 0.717) is 21.9 Å². The van der Waals surface area contributed by atoms with Crippen LogP contribution in [0.3, 0.4) is 0 Å². The maximum Gasteiger partial charge on any atom is 0.356 e. The molecule has 0 amide bonds. The third-order valence-corrected chi connectivity index (χ3v) is 4.90. The molecule has 4 aromatic rings. The van der Waals surface area contributed by atoms with E-state index in [1.54, 1.807) is 30.3 Å². The van der Waals surface area contributed by atoms with E-state index in [1.807, 2.05) is 36.4 Å². The molecule has 6 heteroatoms. The Bertz CT molecular complexity index is 1300. The van der Waals surface area contributed by atoms with Gasteiger partial charge < -0.3 is 9.30 Å². The van der Waals surface area contributed by atoms with Gasteiger partial charge in [-0.3, -0.25) is 14.6 Å². The number of carbonyl (C=O) groups is 2. The molecular weight excluding hydrogens is 380 g/mol. The lowest BCUT2D eigenvalue weighted by atomic mass is 9.97. The quantitative estimate of drug-likeness (QED) is 0.379. The fraction of sp³-hybridized carbons (Fsp3) is 0.0833. The van der Waals surface area contributed by atoms with Crippen molar-refractivity contribution in [2.45, 2.75) is 0 Å². The smallest absolute Gasteiger partial charge is 0.356 e. The van der Waals surface area contributed by atoms with Gasteiger partial charge in [0.25, 0.3) is 5.56 Å². The molecule has 0 fully saturated rings. The summed E-state index contributed by atoms with van der Waals surface area (Å²) in [4.78, 5) is 42.1. The normalized spacial score (nSPS) is 10.7. The van der Waals surface area contributed by atoms with Crippen LogP contribution in [0.1, 0.15) is 20.8 Å². The highest BCUT2D eigenvalue weighted by Gasteiger charge is 2.23. The van der Waals surface area contributed by atoms with Gasteiger partial charge >= 0.3 is 5.97 Å². The third-order valence-electron chi connectivity index (χ3n) is 4.90. The number of ether oxygens (including phenoxy) is 1. The summed E-state index contributed by atoms with van der Waals surface area (Å²) in [6.07, 6.45) is 2.99. The van der Waals surface area contributed by atoms with Crippen molar-refractivity contribution in [1.82, 2.24) is 9.55 Å². The Kier molecular flexibility index (Phi) is 5.22. The van der Waals surface area contributed by atoms with Crippen molar-refractivity contribution >= 4 is 22.5 Å². The molecule has 0 saturated carbocycles. The van der Waals surface area contributed by atoms with Crippen molar-refractivity contribution in [2.24, 2.45) is 7.05 Å². The van der Waals surface area contributed by atoms with Crippen LogP contribution in [0, 0.1) is 0 Å². The number of Topliss-reactive ketones (excluding diaryl/α,β-unsaturated/α-hetero) is 1. The van der Waals surface area contributed by atoms with Crippen LogP contribution in [0.2, 0.25) is 0 Å². The van der Waals surface area contributed by atoms with Gasteiger partial charge in [-0.25, -0.2) is 4.79 Å². The van der Waals surface area contributed by atoms with Crippen molar-refractivity contribution in [2.75, 3.05) is 6.61 Å². The van der Waals surface area contributed by atoms with Crippen molar-refractivity contribution in [1.29, 1.82) is 0 Å². The summed E-state index contributed by atoms with van der Waals surface area (Å²) >= 11 is 0. The van der Waals surface area contributed by atoms with Crippen molar-refractivity contribution < 1.29 is 14.3 Å². The van der Waals surface area contributed by atoms with Gasteiger partial charge in [-0.2, -0.15) is 0 Å². The zero-order chi connectivity index (χ0) is 21.1. The van der Waals surface area contributed by atoms with Crippen LogP contribution in [-0.4, -0.2) is 27.9 Å². The summed E-state index contributed by atoms with van der Waals surface area (Å²) in [5.41, 5.74) is 1.56. The highest BCUT2D eigenvalue weighted by atomic mass is 16.5. The van der Waals surface area contributed by atoms with E-state index in [0.717, 1.165) is 5.56 Å². The average molecular weight is 398 g/mol. The number of nitrogens with zero attached hydrogens (tertiary/aromatic N) is 2. The molecule has 2 aromatic carbocycles. The molecular formula is C24H18N2O4. The van der Waals surface area contributed by atoms with E-state index in [4.69, 9.17) is 4.74 Å². The van der Waals surface area contributed by atoms with Crippen LogP contribution in [0.25, 0.3) is 21.9 Å². The third kappa shape index (κ3) is 3.51. The zero-order valence-electron chi connectivity index (χ0n) is 16.2. The summed E-state index contributed by atoms with van der Waals surface area (Å²) < 4.78 is 6.60. The minimum Gasteiger partial charge on any atom is -0.453 e. The van der Waals surface area contributed by atoms with E-state index in [-0.39, 0.29) is 17.0 Å². The van der Waals surface area contributed by atoms with Gasteiger partial charge in [0.2, 0.25) is 0 Å². The molecule has 0 saturated heterocycles. The first kappa shape index (κ1) is 19.3. The van der Waals surface area contributed by atoms with E-state index < -0.39 is 12.6 Å². The van der Waals surface area contributed by atoms with Crippen LogP contribution in [0.15, 0.2) is 83.9 Å². The van der Waals surface area contributed by atoms with Gasteiger partial charge in [0.05, 0.1) is 0 Å². The highest BCUT2D eigenvalue weighted by molar-refractivity contribution is 6.07. The maximum atomic E-state index is 13.0. The van der Waals surface area contributed by atoms with Crippen molar-refractivity contribution in [3.63, 3.8) is 0 Å². The van der Waals surface area contributed by atoms with Gasteiger partial charge in [-0.05, 0) is 29.1 Å². The molecule has 0 radical (unpaired) electrons. The van der Waals surface area contributed by atoms with Gasteiger partial charge in [-0.1, -0.05) is 48.5 Å². The van der Waals surface area contributed by atoms with Crippen LogP contribution in [0.4, 0.5) is 0 Å². The van der Waals surface area contributed by atoms with Gasteiger partial charge in [0, 0.05) is 36.0 Å². The average Bonchev–Trinajstić information content (AvgIpc) is 2.80. The maximum absolute atomic E-state index is 13.0. The first-order valence-electron chi connectivity index (χ1n) is 9.35. The summed E-state index contributed by atoms with van der Waals surface area (Å²) in [5, 5.41) is 1.16. The molecule has 148 valence electrons. The Morgan fingerprint density at radius 3 is 2.23 bits per heavy atom. The Labute approximate surface area is 172 Å². The first-order chi connectivity index (χ1) is 14.6. The topological polar surface area (TPSA) is 78.3 Å². The summed E-state index contributed by atoms with van der Waals surface area (Å²) in [7, 11) is 1.53. The van der Waals surface area contributed by atoms with E-state index in [9.17, 15) is 14.4 Å². The molecule has 0 unspecified atom stereocenters. The molecule has 6 nitrogen and oxygen atoms in total. The number of hydrogen-bond acceptors (Lipinski definition) is 5. The highest BCUT2D eigenvalue weighted by Crippen LogP contribution is 2.30. The minimum absolute atomic E-state index is 0.104. The lowest BCUT2D eigenvalue weighted by Crippen LogP contribution is -2.27. The summed E-state index contributed by atoms with van der Waals surface area (Å²) in [6, 6.07) is 19.6. The molecule has 2 heterocycles. The van der Waals surface area contributed by atoms with Gasteiger partial charge in [-0.15, -0.1) is 0 Å². The van der Waals surface area contributed by atoms with Crippen molar-refractivity contribution in [3.05, 3.63) is 101 Å². The number of rotatable bonds is 5. The van der Waals surface area contributed by atoms with Crippen LogP contribution < -0.4 is 5.56 Å². The first-order valence-corrected chi connectivity index (χ1v) is 9.35. The molecule has 30 heavy (non-hydrogen) atoms. The number of esters is 1. The standard InChI is InChI=1S/C24H18N2O4/c1-26-22(24(29)30-15-20(27)16-11-13-25-14-12-16)21(17-7-3-2-4-8-17)18-9-5-6-10-19(18)23(26)28/h2-14H,15H2,1H3. The predicted molar refractivity (Wildman–Crippen MR) is 113 cm³/mol. The number of benzene rings is 2. The molecule has 0 aliphatic carbocycles. The SMILES string of the molecule is Cn1c(C(=O)OCC(=O)c2ccncc2)c(-c2ccccc2)c2ccccc2c1=O. The molecule has 2 aromatic heterocycles. The van der Waals surface area contributed by atoms with E-state index >= 15 is 0 Å². The Hall–Kier alpha value is -4.06. The number of carbonyl (C=O) groups excluding carboxylic acids is 2. The Morgan fingerprint density at radius 2 is 1.53 bits per heavy atom. The zero-order valence-corrected chi connectivity index (χ0v) is 16.2. The second-order valence-electron chi connectivity index (χ2n) is 6.73. The summed E-state index contributed by atoms with van der Waals surface area (Å²) in [6.45, 7) is -0.432. The predicted octanol–water partition coefficient (Wildman–Crippen LogP) is 3.64. The number of aromatic nitrogens is 2. The molecule has 0 aliphatic rings. The van der Waals surface area contributed by atoms with Gasteiger partial charge in [0.1, 0.15) is 5.69 Å². The largest absolute Gasteiger partial charge is 0.453 e. The molecule has 0 N–H and O–H groups in total. The second kappa shape index (κ2) is 8.13. The van der Waals surface area contributed by atoms with Crippen LogP contribution in [0.5, 0.6) is 0 Å². The number of ketones is 1. The molecule has 0 spiro atoms. The van der Waals surface area contributed by atoms with E-state index in [2.05, 4.69) is 4.98 Å². The second-order valence-corrected chi connectivity index (χ2v) is 6.73. The number of fused-ring (bicyclic) bond motifs is 1. The van der Waals surface area contributed by atoms with Gasteiger partial charge in [0.15, 0.2) is 12.4 Å². The fourth-order valence-electron chi connectivity index (χ4n) is 3.42. The number of hydrogen-bond donors (Lipinski definition) is 0. The molecule has 0 bridgehead atoms. The molecule has 4 rings (SSSR count). The lowest BCUT2D eigenvalue weighted by Gasteiger charge is -2.16. The van der Waals surface area contributed by atoms with Crippen molar-refractivity contribution in [3.8, 4) is 11.1 Å². The molecule has 0 aliphatic heterocycles. The monoisotopic (exact) mass is 398 g/mol. The van der Waals surface area contributed by atoms with Crippen LogP contribution >= 0.6 is 0 Å². The number of pyridine rings is 2. The summed E-state index contributed by atoms with van der Waals surface area (Å²) in [5.74, 6) is -1.08. The molecule has 0 atom stereocenters. The Balaban J connectivity index is 1.80. The Morgan fingerprint density at radius 1 is 0.900 bits per heavy atom. The van der Waals surface area contributed by atoms with E-state index in [1.165, 1.54) is 24.0 Å². The lowest BCUT2D eigenvalue weighted by molar-refractivity contribution is 0.0465. The van der Waals surface area contributed by atoms with Crippen LogP contribution in [-0.2, 0) is 11.8 Å². The minimum atomic E-state index is -0.735. The fourth-order valence-corrected chi connectivity index (χ4v) is 3.42.